The molecule has 4 nitrogen and oxygen atoms in total. The largest absolute Gasteiger partial charge is 0.550 e. The van der Waals surface area contributed by atoms with E-state index in [0.29, 0.717) is 41.9 Å². The van der Waals surface area contributed by atoms with Crippen LogP contribution in [0.4, 0.5) is 0 Å². The second-order valence-electron chi connectivity index (χ2n) is 11.3. The molecular formula is C24H39O4-. The molecule has 4 aliphatic carbocycles. The standard InChI is InChI=1S/C24H40O4/c1-14(4-9-22(27)28)18-7-8-19-17-6-5-15-12-16(25)10-11-23(15,2)20(17)13-21(26)24(18,19)3/h14-21,25-26H,4-13H2,1-3H3,(H,27,28)/p-1/t14-,15+,16-,17-,18+,19+,20-,21+,23+,24-/m1/s1. The van der Waals surface area contributed by atoms with Gasteiger partial charge in [-0.05, 0) is 111 Å². The topological polar surface area (TPSA) is 80.6 Å². The lowest BCUT2D eigenvalue weighted by Crippen LogP contribution is -2.58. The van der Waals surface area contributed by atoms with Crippen molar-refractivity contribution in [3.05, 3.63) is 0 Å². The summed E-state index contributed by atoms with van der Waals surface area (Å²) in [5, 5.41) is 32.6. The van der Waals surface area contributed by atoms with Crippen LogP contribution in [0.15, 0.2) is 0 Å². The predicted octanol–water partition coefficient (Wildman–Crippen LogP) is 3.14. The predicted molar refractivity (Wildman–Crippen MR) is 106 cm³/mol. The summed E-state index contributed by atoms with van der Waals surface area (Å²) < 4.78 is 0. The van der Waals surface area contributed by atoms with Crippen molar-refractivity contribution in [3.8, 4) is 0 Å². The Morgan fingerprint density at radius 1 is 1.07 bits per heavy atom. The highest BCUT2D eigenvalue weighted by Crippen LogP contribution is 2.68. The van der Waals surface area contributed by atoms with Gasteiger partial charge in [-0.3, -0.25) is 0 Å². The van der Waals surface area contributed by atoms with Gasteiger partial charge in [0.2, 0.25) is 0 Å². The average Bonchev–Trinajstić information content (AvgIpc) is 3.00. The minimum atomic E-state index is -0.957. The van der Waals surface area contributed by atoms with Crippen molar-refractivity contribution in [2.45, 2.75) is 97.2 Å². The molecule has 4 saturated carbocycles. The molecule has 0 radical (unpaired) electrons. The van der Waals surface area contributed by atoms with Crippen LogP contribution in [0.3, 0.4) is 0 Å². The number of hydrogen-bond acceptors (Lipinski definition) is 4. The van der Waals surface area contributed by atoms with Crippen LogP contribution >= 0.6 is 0 Å². The number of aliphatic hydroxyl groups excluding tert-OH is 2. The van der Waals surface area contributed by atoms with Crippen molar-refractivity contribution in [2.24, 2.45) is 46.3 Å². The summed E-state index contributed by atoms with van der Waals surface area (Å²) in [5.74, 6) is 2.19. The van der Waals surface area contributed by atoms with Crippen LogP contribution in [0.2, 0.25) is 0 Å². The van der Waals surface area contributed by atoms with E-state index in [-0.39, 0.29) is 29.5 Å². The van der Waals surface area contributed by atoms with Crippen molar-refractivity contribution in [1.29, 1.82) is 0 Å². The third-order valence-corrected chi connectivity index (χ3v) is 10.3. The highest BCUT2D eigenvalue weighted by atomic mass is 16.4. The summed E-state index contributed by atoms with van der Waals surface area (Å²) in [7, 11) is 0. The second-order valence-corrected chi connectivity index (χ2v) is 11.3. The van der Waals surface area contributed by atoms with Crippen LogP contribution < -0.4 is 5.11 Å². The summed E-state index contributed by atoms with van der Waals surface area (Å²) in [6.45, 7) is 6.94. The monoisotopic (exact) mass is 391 g/mol. The fraction of sp³-hybridized carbons (Fsp3) is 0.958. The van der Waals surface area contributed by atoms with E-state index in [2.05, 4.69) is 20.8 Å². The molecule has 10 atom stereocenters. The maximum absolute atomic E-state index is 11.5. The molecule has 28 heavy (non-hydrogen) atoms. The number of carbonyl (C=O) groups is 1. The second kappa shape index (κ2) is 7.27. The van der Waals surface area contributed by atoms with Gasteiger partial charge in [0.05, 0.1) is 12.2 Å². The number of aliphatic carboxylic acids is 1. The molecule has 160 valence electrons. The van der Waals surface area contributed by atoms with Crippen LogP contribution in [-0.2, 0) is 4.79 Å². The highest BCUT2D eigenvalue weighted by Gasteiger charge is 2.63. The number of carbonyl (C=O) groups excluding carboxylic acids is 1. The highest BCUT2D eigenvalue weighted by molar-refractivity contribution is 5.64. The van der Waals surface area contributed by atoms with Crippen molar-refractivity contribution in [2.75, 3.05) is 0 Å². The first kappa shape index (κ1) is 20.7. The summed E-state index contributed by atoms with van der Waals surface area (Å²) in [5.41, 5.74) is 0.188. The van der Waals surface area contributed by atoms with Crippen LogP contribution in [0.1, 0.15) is 85.0 Å². The average molecular weight is 392 g/mol. The molecule has 0 aromatic carbocycles. The molecule has 0 saturated heterocycles. The van der Waals surface area contributed by atoms with Crippen LogP contribution in [-0.4, -0.2) is 28.4 Å². The van der Waals surface area contributed by atoms with Gasteiger partial charge in [-0.25, -0.2) is 0 Å². The summed E-state index contributed by atoms with van der Waals surface area (Å²) in [6.07, 6.45) is 8.98. The van der Waals surface area contributed by atoms with Gasteiger partial charge in [0.15, 0.2) is 0 Å². The maximum Gasteiger partial charge on any atom is 0.0602 e. The molecule has 0 heterocycles. The fourth-order valence-electron chi connectivity index (χ4n) is 8.71. The molecule has 0 spiro atoms. The van der Waals surface area contributed by atoms with Crippen molar-refractivity contribution in [3.63, 3.8) is 0 Å². The molecule has 4 heteroatoms. The van der Waals surface area contributed by atoms with Gasteiger partial charge in [0, 0.05) is 5.97 Å². The Morgan fingerprint density at radius 2 is 1.82 bits per heavy atom. The van der Waals surface area contributed by atoms with E-state index in [9.17, 15) is 20.1 Å². The summed E-state index contributed by atoms with van der Waals surface area (Å²) in [6, 6.07) is 0. The molecule has 0 bridgehead atoms. The van der Waals surface area contributed by atoms with E-state index < -0.39 is 5.97 Å². The lowest BCUT2D eigenvalue weighted by molar-refractivity contribution is -0.306. The van der Waals surface area contributed by atoms with Gasteiger partial charge in [0.1, 0.15) is 0 Å². The number of fused-ring (bicyclic) bond motifs is 5. The molecule has 4 aliphatic rings. The van der Waals surface area contributed by atoms with Crippen molar-refractivity contribution < 1.29 is 20.1 Å². The molecule has 0 aliphatic heterocycles. The zero-order valence-electron chi connectivity index (χ0n) is 17.9. The lowest BCUT2D eigenvalue weighted by atomic mass is 9.43. The maximum atomic E-state index is 11.5. The van der Waals surface area contributed by atoms with E-state index in [1.54, 1.807) is 0 Å². The number of aliphatic hydroxyl groups is 2. The molecule has 4 fully saturated rings. The smallest absolute Gasteiger partial charge is 0.0602 e. The van der Waals surface area contributed by atoms with Gasteiger partial charge in [-0.15, -0.1) is 0 Å². The van der Waals surface area contributed by atoms with Crippen molar-refractivity contribution in [1.82, 2.24) is 0 Å². The number of rotatable bonds is 4. The first-order valence-electron chi connectivity index (χ1n) is 11.7. The van der Waals surface area contributed by atoms with Crippen LogP contribution in [0.5, 0.6) is 0 Å². The van der Waals surface area contributed by atoms with Crippen LogP contribution in [0.25, 0.3) is 0 Å². The molecule has 0 aromatic heterocycles. The molecular weight excluding hydrogens is 352 g/mol. The number of carboxylic acids is 1. The Labute approximate surface area is 170 Å². The van der Waals surface area contributed by atoms with Gasteiger partial charge in [0.25, 0.3) is 0 Å². The Morgan fingerprint density at radius 3 is 2.54 bits per heavy atom. The molecule has 2 N–H and O–H groups in total. The van der Waals surface area contributed by atoms with Gasteiger partial charge < -0.3 is 20.1 Å². The number of hydrogen-bond donors (Lipinski definition) is 2. The Kier molecular flexibility index (Phi) is 5.36. The third kappa shape index (κ3) is 3.05. The van der Waals surface area contributed by atoms with E-state index in [4.69, 9.17) is 0 Å². The van der Waals surface area contributed by atoms with E-state index in [0.717, 1.165) is 32.1 Å². The number of carboxylic acid groups (broad SMARTS) is 1. The zero-order valence-corrected chi connectivity index (χ0v) is 17.9. The molecule has 0 unspecified atom stereocenters. The van der Waals surface area contributed by atoms with E-state index in [1.165, 1.54) is 19.3 Å². The minimum Gasteiger partial charge on any atom is -0.550 e. The first-order chi connectivity index (χ1) is 13.2. The minimum absolute atomic E-state index is 0.0795. The zero-order chi connectivity index (χ0) is 20.3. The normalized spacial score (nSPS) is 51.7. The SMILES string of the molecule is C[C@H](CCC(=O)[O-])[C@@H]1CC[C@H]2[C@H]3CC[C@H]4C[C@H](O)CC[C@]4(C)[C@@H]3C[C@H](O)[C@@]21C. The summed E-state index contributed by atoms with van der Waals surface area (Å²) >= 11 is 0. The third-order valence-electron chi connectivity index (χ3n) is 10.3. The Bertz CT molecular complexity index is 605. The van der Waals surface area contributed by atoms with Gasteiger partial charge in [-0.2, -0.15) is 0 Å². The Hall–Kier alpha value is -0.610. The quantitative estimate of drug-likeness (QED) is 0.771. The van der Waals surface area contributed by atoms with Crippen molar-refractivity contribution >= 4 is 5.97 Å². The van der Waals surface area contributed by atoms with E-state index in [1.807, 2.05) is 0 Å². The summed E-state index contributed by atoms with van der Waals surface area (Å²) in [4.78, 5) is 10.9. The fourth-order valence-corrected chi connectivity index (χ4v) is 8.71. The first-order valence-corrected chi connectivity index (χ1v) is 11.7. The van der Waals surface area contributed by atoms with E-state index >= 15 is 0 Å². The van der Waals surface area contributed by atoms with Gasteiger partial charge in [-0.1, -0.05) is 20.8 Å². The Balaban J connectivity index is 1.56. The van der Waals surface area contributed by atoms with Gasteiger partial charge >= 0.3 is 0 Å². The molecule has 4 rings (SSSR count). The molecule has 0 aromatic rings. The van der Waals surface area contributed by atoms with Crippen LogP contribution in [0, 0.1) is 46.3 Å². The molecule has 0 amide bonds. The lowest BCUT2D eigenvalue weighted by Gasteiger charge is -2.62.